The first-order valence-corrected chi connectivity index (χ1v) is 7.87. The monoisotopic (exact) mass is 330 g/mol. The van der Waals surface area contributed by atoms with Gasteiger partial charge in [-0.05, 0) is 48.4 Å². The lowest BCUT2D eigenvalue weighted by atomic mass is 10.2. The average molecular weight is 330 g/mol. The third kappa shape index (κ3) is 4.96. The average Bonchev–Trinajstić information content (AvgIpc) is 2.61. The molecule has 0 fully saturated rings. The minimum atomic E-state index is -0.418. The molecule has 1 N–H and O–H groups in total. The second-order valence-corrected chi connectivity index (χ2v) is 5.37. The van der Waals surface area contributed by atoms with E-state index in [0.29, 0.717) is 18.1 Å². The van der Waals surface area contributed by atoms with Crippen molar-refractivity contribution in [1.82, 2.24) is 5.32 Å². The summed E-state index contributed by atoms with van der Waals surface area (Å²) in [5.41, 5.74) is 2.06. The predicted molar refractivity (Wildman–Crippen MR) is 92.4 cm³/mol. The molecule has 6 nitrogen and oxygen atoms in total. The Kier molecular flexibility index (Phi) is 6.57. The van der Waals surface area contributed by atoms with Gasteiger partial charge in [0.2, 0.25) is 0 Å². The number of hydrogen-bond acceptors (Lipinski definition) is 5. The van der Waals surface area contributed by atoms with Crippen LogP contribution < -0.4 is 14.8 Å². The van der Waals surface area contributed by atoms with E-state index >= 15 is 0 Å². The first kappa shape index (κ1) is 17.7. The molecule has 0 amide bonds. The van der Waals surface area contributed by atoms with Crippen LogP contribution in [0.25, 0.3) is 0 Å². The molecule has 0 unspecified atom stereocenters. The van der Waals surface area contributed by atoms with E-state index in [1.54, 1.807) is 19.2 Å². The quantitative estimate of drug-likeness (QED) is 0.431. The maximum Gasteiger partial charge on any atom is 0.269 e. The molecule has 0 aliphatic rings. The minimum absolute atomic E-state index is 0.0697. The molecule has 0 aliphatic heterocycles. The van der Waals surface area contributed by atoms with Gasteiger partial charge in [-0.2, -0.15) is 0 Å². The predicted octanol–water partition coefficient (Wildman–Crippen LogP) is 3.68. The molecule has 0 saturated carbocycles. The molecule has 6 heteroatoms. The van der Waals surface area contributed by atoms with Gasteiger partial charge < -0.3 is 14.8 Å². The number of hydrogen-bond donors (Lipinski definition) is 1. The molecule has 128 valence electrons. The van der Waals surface area contributed by atoms with Gasteiger partial charge in [0.25, 0.3) is 5.69 Å². The van der Waals surface area contributed by atoms with Crippen molar-refractivity contribution in [3.05, 3.63) is 63.7 Å². The first-order chi connectivity index (χ1) is 11.6. The molecule has 0 aliphatic carbocycles. The van der Waals surface area contributed by atoms with Crippen LogP contribution in [-0.2, 0) is 13.2 Å². The number of methoxy groups -OCH3 is 1. The fourth-order valence-electron chi connectivity index (χ4n) is 2.23. The largest absolute Gasteiger partial charge is 0.493 e. The van der Waals surface area contributed by atoms with E-state index in [1.165, 1.54) is 12.1 Å². The van der Waals surface area contributed by atoms with Crippen molar-refractivity contribution in [2.24, 2.45) is 0 Å². The van der Waals surface area contributed by atoms with Crippen LogP contribution in [0.1, 0.15) is 24.5 Å². The van der Waals surface area contributed by atoms with Gasteiger partial charge in [-0.15, -0.1) is 0 Å². The Hall–Kier alpha value is -2.60. The fraction of sp³-hybridized carbons (Fsp3) is 0.333. The highest BCUT2D eigenvalue weighted by Gasteiger charge is 2.08. The molecule has 2 aromatic carbocycles. The van der Waals surface area contributed by atoms with Crippen molar-refractivity contribution in [1.29, 1.82) is 0 Å². The molecule has 0 heterocycles. The number of nitro benzene ring substituents is 1. The summed E-state index contributed by atoms with van der Waals surface area (Å²) < 4.78 is 11.2. The summed E-state index contributed by atoms with van der Waals surface area (Å²) in [6.45, 7) is 4.21. The molecule has 0 saturated heterocycles. The Balaban J connectivity index is 1.99. The van der Waals surface area contributed by atoms with E-state index in [0.717, 1.165) is 30.6 Å². The summed E-state index contributed by atoms with van der Waals surface area (Å²) in [4.78, 5) is 10.2. The number of rotatable bonds is 9. The maximum absolute atomic E-state index is 10.7. The van der Waals surface area contributed by atoms with Gasteiger partial charge >= 0.3 is 0 Å². The summed E-state index contributed by atoms with van der Waals surface area (Å²) >= 11 is 0. The van der Waals surface area contributed by atoms with E-state index in [4.69, 9.17) is 9.47 Å². The summed E-state index contributed by atoms with van der Waals surface area (Å²) in [7, 11) is 1.61. The fourth-order valence-corrected chi connectivity index (χ4v) is 2.23. The summed E-state index contributed by atoms with van der Waals surface area (Å²) in [5, 5.41) is 14.0. The zero-order valence-corrected chi connectivity index (χ0v) is 14.0. The van der Waals surface area contributed by atoms with E-state index in [2.05, 4.69) is 12.2 Å². The highest BCUT2D eigenvalue weighted by molar-refractivity contribution is 5.43. The summed E-state index contributed by atoms with van der Waals surface area (Å²) in [6.07, 6.45) is 1.09. The third-order valence-corrected chi connectivity index (χ3v) is 3.53. The highest BCUT2D eigenvalue weighted by Crippen LogP contribution is 2.29. The van der Waals surface area contributed by atoms with E-state index in [-0.39, 0.29) is 5.69 Å². The van der Waals surface area contributed by atoms with Gasteiger partial charge in [0.15, 0.2) is 11.5 Å². The van der Waals surface area contributed by atoms with Crippen LogP contribution in [0, 0.1) is 10.1 Å². The molecule has 0 spiro atoms. The minimum Gasteiger partial charge on any atom is -0.493 e. The van der Waals surface area contributed by atoms with E-state index < -0.39 is 4.92 Å². The maximum atomic E-state index is 10.7. The molecule has 0 atom stereocenters. The van der Waals surface area contributed by atoms with Crippen LogP contribution >= 0.6 is 0 Å². The Labute approximate surface area is 141 Å². The molecule has 0 aromatic heterocycles. The molecule has 0 bridgehead atoms. The van der Waals surface area contributed by atoms with Crippen molar-refractivity contribution in [3.8, 4) is 11.5 Å². The van der Waals surface area contributed by atoms with Crippen LogP contribution in [0.5, 0.6) is 11.5 Å². The van der Waals surface area contributed by atoms with Crippen LogP contribution in [0.3, 0.4) is 0 Å². The Bertz CT molecular complexity index is 671. The Morgan fingerprint density at radius 2 is 1.79 bits per heavy atom. The third-order valence-electron chi connectivity index (χ3n) is 3.53. The van der Waals surface area contributed by atoms with Gasteiger partial charge in [-0.25, -0.2) is 0 Å². The van der Waals surface area contributed by atoms with E-state index in [9.17, 15) is 10.1 Å². The normalized spacial score (nSPS) is 10.4. The molecule has 24 heavy (non-hydrogen) atoms. The number of benzene rings is 2. The molecule has 2 rings (SSSR count). The number of nitrogens with zero attached hydrogens (tertiary/aromatic N) is 1. The van der Waals surface area contributed by atoms with Gasteiger partial charge in [-0.3, -0.25) is 10.1 Å². The van der Waals surface area contributed by atoms with Crippen molar-refractivity contribution in [2.45, 2.75) is 26.5 Å². The number of non-ortho nitro benzene ring substituents is 1. The zero-order chi connectivity index (χ0) is 17.4. The Morgan fingerprint density at radius 3 is 2.42 bits per heavy atom. The zero-order valence-electron chi connectivity index (χ0n) is 14.0. The van der Waals surface area contributed by atoms with Gasteiger partial charge in [0.05, 0.1) is 12.0 Å². The highest BCUT2D eigenvalue weighted by atomic mass is 16.6. The Morgan fingerprint density at radius 1 is 1.08 bits per heavy atom. The second-order valence-electron chi connectivity index (χ2n) is 5.37. The van der Waals surface area contributed by atoms with E-state index in [1.807, 2.05) is 18.2 Å². The standard InChI is InChI=1S/C18H22N2O4/c1-3-10-19-12-15-6-9-17(18(11-15)23-2)24-13-14-4-7-16(8-5-14)20(21)22/h4-9,11,19H,3,10,12-13H2,1-2H3. The van der Waals surface area contributed by atoms with Crippen molar-refractivity contribution >= 4 is 5.69 Å². The number of ether oxygens (including phenoxy) is 2. The SMILES string of the molecule is CCCNCc1ccc(OCc2ccc([N+](=O)[O-])cc2)c(OC)c1. The van der Waals surface area contributed by atoms with Gasteiger partial charge in [-0.1, -0.05) is 13.0 Å². The van der Waals surface area contributed by atoms with Crippen molar-refractivity contribution < 1.29 is 14.4 Å². The van der Waals surface area contributed by atoms with Crippen LogP contribution in [0.2, 0.25) is 0 Å². The lowest BCUT2D eigenvalue weighted by molar-refractivity contribution is -0.384. The molecule has 2 aromatic rings. The van der Waals surface area contributed by atoms with Crippen LogP contribution in [0.15, 0.2) is 42.5 Å². The summed E-state index contributed by atoms with van der Waals surface area (Å²) in [5.74, 6) is 1.32. The topological polar surface area (TPSA) is 73.6 Å². The molecular weight excluding hydrogens is 308 g/mol. The van der Waals surface area contributed by atoms with Crippen molar-refractivity contribution in [3.63, 3.8) is 0 Å². The first-order valence-electron chi connectivity index (χ1n) is 7.87. The lowest BCUT2D eigenvalue weighted by Gasteiger charge is -2.12. The smallest absolute Gasteiger partial charge is 0.269 e. The van der Waals surface area contributed by atoms with Crippen LogP contribution in [-0.4, -0.2) is 18.6 Å². The second kappa shape index (κ2) is 8.88. The van der Waals surface area contributed by atoms with Gasteiger partial charge in [0.1, 0.15) is 6.61 Å². The molecular formula is C18H22N2O4. The molecule has 0 radical (unpaired) electrons. The van der Waals surface area contributed by atoms with Crippen LogP contribution in [0.4, 0.5) is 5.69 Å². The number of nitro groups is 1. The lowest BCUT2D eigenvalue weighted by Crippen LogP contribution is -2.13. The summed E-state index contributed by atoms with van der Waals surface area (Å²) in [6, 6.07) is 12.1. The number of nitrogens with one attached hydrogen (secondary N) is 1. The van der Waals surface area contributed by atoms with Crippen molar-refractivity contribution in [2.75, 3.05) is 13.7 Å². The van der Waals surface area contributed by atoms with Gasteiger partial charge in [0, 0.05) is 18.7 Å².